The standard InChI is InChI=1S/C39H40N4O5/c44-37(40-21-11-2-12-22-41-38(45)47-25-27-13-3-1-4-14-27)36(23-28-24-42-35-20-10-9-15-29(28)35)43-39(46)48-26-34-32-18-7-5-16-30(32)31-17-6-8-19-33(31)34/h1,3-10,13-20,24,34,36,42H,2,11-12,21-23,25-26H2,(H,40,44)(H,41,45)(H,43,46)/t36-/m1/s1. The van der Waals surface area contributed by atoms with E-state index in [-0.39, 0.29) is 25.0 Å². The van der Waals surface area contributed by atoms with Gasteiger partial charge in [-0.25, -0.2) is 9.59 Å². The van der Waals surface area contributed by atoms with Gasteiger partial charge in [-0.1, -0.05) is 97.1 Å². The van der Waals surface area contributed by atoms with Crippen molar-refractivity contribution in [2.45, 2.75) is 44.2 Å². The van der Waals surface area contributed by atoms with Gasteiger partial charge in [0, 0.05) is 42.5 Å². The zero-order valence-electron chi connectivity index (χ0n) is 26.7. The highest BCUT2D eigenvalue weighted by atomic mass is 16.6. The molecule has 4 N–H and O–H groups in total. The number of fused-ring (bicyclic) bond motifs is 4. The van der Waals surface area contributed by atoms with Gasteiger partial charge >= 0.3 is 12.2 Å². The van der Waals surface area contributed by atoms with Crippen LogP contribution < -0.4 is 16.0 Å². The van der Waals surface area contributed by atoms with Crippen LogP contribution in [0.2, 0.25) is 0 Å². The molecule has 5 aromatic rings. The average Bonchev–Trinajstić information content (AvgIpc) is 3.68. The van der Waals surface area contributed by atoms with Crippen LogP contribution in [-0.4, -0.2) is 48.8 Å². The van der Waals surface area contributed by atoms with Crippen molar-refractivity contribution in [2.24, 2.45) is 0 Å². The maximum Gasteiger partial charge on any atom is 0.407 e. The van der Waals surface area contributed by atoms with Crippen LogP contribution in [0.5, 0.6) is 0 Å². The smallest absolute Gasteiger partial charge is 0.407 e. The SMILES string of the molecule is O=C(NCCCCCNC(=O)[C@@H](Cc1c[nH]c2ccccc12)NC(=O)OCC1c2ccccc2-c2ccccc21)OCc1ccccc1. The minimum absolute atomic E-state index is 0.0794. The van der Waals surface area contributed by atoms with Gasteiger partial charge < -0.3 is 30.4 Å². The Morgan fingerprint density at radius 2 is 1.33 bits per heavy atom. The van der Waals surface area contributed by atoms with Gasteiger partial charge in [0.1, 0.15) is 19.3 Å². The molecule has 9 nitrogen and oxygen atoms in total. The lowest BCUT2D eigenvalue weighted by Gasteiger charge is -2.20. The first-order valence-corrected chi connectivity index (χ1v) is 16.5. The van der Waals surface area contributed by atoms with Crippen LogP contribution in [0.25, 0.3) is 22.0 Å². The van der Waals surface area contributed by atoms with Crippen molar-refractivity contribution in [3.63, 3.8) is 0 Å². The quantitative estimate of drug-likeness (QED) is 0.0988. The van der Waals surface area contributed by atoms with Gasteiger partial charge in [-0.15, -0.1) is 0 Å². The molecule has 4 aromatic carbocycles. The van der Waals surface area contributed by atoms with Gasteiger partial charge in [0.2, 0.25) is 5.91 Å². The molecule has 1 aliphatic rings. The van der Waals surface area contributed by atoms with E-state index in [0.717, 1.165) is 63.5 Å². The van der Waals surface area contributed by atoms with Crippen LogP contribution in [0, 0.1) is 0 Å². The largest absolute Gasteiger partial charge is 0.449 e. The lowest BCUT2D eigenvalue weighted by atomic mass is 9.98. The van der Waals surface area contributed by atoms with E-state index in [4.69, 9.17) is 9.47 Å². The summed E-state index contributed by atoms with van der Waals surface area (Å²) < 4.78 is 11.0. The number of aromatic amines is 1. The number of para-hydroxylation sites is 1. The number of alkyl carbamates (subject to hydrolysis) is 2. The molecule has 6 rings (SSSR count). The first-order valence-electron chi connectivity index (χ1n) is 16.5. The van der Waals surface area contributed by atoms with Crippen molar-refractivity contribution >= 4 is 29.0 Å². The molecular weight excluding hydrogens is 604 g/mol. The van der Waals surface area contributed by atoms with Gasteiger partial charge in [0.05, 0.1) is 0 Å². The van der Waals surface area contributed by atoms with E-state index >= 15 is 0 Å². The van der Waals surface area contributed by atoms with E-state index < -0.39 is 18.2 Å². The number of carbonyl (C=O) groups excluding carboxylic acids is 3. The number of carbonyl (C=O) groups is 3. The number of benzene rings is 4. The van der Waals surface area contributed by atoms with Crippen molar-refractivity contribution in [3.05, 3.63) is 132 Å². The van der Waals surface area contributed by atoms with Crippen LogP contribution in [0.3, 0.4) is 0 Å². The third-order valence-electron chi connectivity index (χ3n) is 8.69. The summed E-state index contributed by atoms with van der Waals surface area (Å²) in [5, 5.41) is 9.58. The van der Waals surface area contributed by atoms with Crippen LogP contribution in [0.15, 0.2) is 109 Å². The number of hydrogen-bond donors (Lipinski definition) is 4. The Bertz CT molecular complexity index is 1810. The molecule has 0 fully saturated rings. The number of ether oxygens (including phenoxy) is 2. The highest BCUT2D eigenvalue weighted by Gasteiger charge is 2.30. The van der Waals surface area contributed by atoms with Gasteiger partial charge in [-0.3, -0.25) is 4.79 Å². The number of aromatic nitrogens is 1. The zero-order valence-corrected chi connectivity index (χ0v) is 26.7. The molecular formula is C39H40N4O5. The van der Waals surface area contributed by atoms with Crippen molar-refractivity contribution < 1.29 is 23.9 Å². The second-order valence-corrected chi connectivity index (χ2v) is 11.9. The summed E-state index contributed by atoms with van der Waals surface area (Å²) in [5.74, 6) is -0.361. The van der Waals surface area contributed by atoms with E-state index in [1.54, 1.807) is 0 Å². The monoisotopic (exact) mass is 644 g/mol. The fourth-order valence-corrected chi connectivity index (χ4v) is 6.24. The molecule has 9 heteroatoms. The molecule has 1 aliphatic carbocycles. The average molecular weight is 645 g/mol. The van der Waals surface area contributed by atoms with Gasteiger partial charge in [0.15, 0.2) is 0 Å². The molecule has 3 amide bonds. The molecule has 0 bridgehead atoms. The Morgan fingerprint density at radius 3 is 2.08 bits per heavy atom. The predicted molar refractivity (Wildman–Crippen MR) is 185 cm³/mol. The molecule has 1 atom stereocenters. The summed E-state index contributed by atoms with van der Waals surface area (Å²) in [4.78, 5) is 41.8. The lowest BCUT2D eigenvalue weighted by molar-refractivity contribution is -0.123. The summed E-state index contributed by atoms with van der Waals surface area (Å²) in [6.07, 6.45) is 3.35. The number of amides is 3. The molecule has 48 heavy (non-hydrogen) atoms. The molecule has 0 saturated carbocycles. The first kappa shape index (κ1) is 32.4. The Kier molecular flexibility index (Phi) is 10.7. The Hall–Kier alpha value is -5.57. The Balaban J connectivity index is 0.993. The maximum absolute atomic E-state index is 13.4. The number of nitrogens with one attached hydrogen (secondary N) is 4. The van der Waals surface area contributed by atoms with E-state index in [0.29, 0.717) is 19.5 Å². The molecule has 0 spiro atoms. The molecule has 0 radical (unpaired) electrons. The van der Waals surface area contributed by atoms with Crippen molar-refractivity contribution in [2.75, 3.05) is 19.7 Å². The summed E-state index contributed by atoms with van der Waals surface area (Å²) in [5.41, 5.74) is 7.37. The summed E-state index contributed by atoms with van der Waals surface area (Å²) in [7, 11) is 0. The van der Waals surface area contributed by atoms with Gasteiger partial charge in [-0.2, -0.15) is 0 Å². The third kappa shape index (κ3) is 8.04. The highest BCUT2D eigenvalue weighted by molar-refractivity contribution is 5.88. The van der Waals surface area contributed by atoms with E-state index in [2.05, 4.69) is 45.2 Å². The minimum Gasteiger partial charge on any atom is -0.449 e. The van der Waals surface area contributed by atoms with Gasteiger partial charge in [0.25, 0.3) is 0 Å². The summed E-state index contributed by atoms with van der Waals surface area (Å²) in [6, 6.07) is 32.9. The lowest BCUT2D eigenvalue weighted by Crippen LogP contribution is -2.48. The number of H-pyrrole nitrogens is 1. The minimum atomic E-state index is -0.832. The molecule has 1 heterocycles. The summed E-state index contributed by atoms with van der Waals surface area (Å²) in [6.45, 7) is 1.31. The van der Waals surface area contributed by atoms with E-state index in [1.165, 1.54) is 0 Å². The summed E-state index contributed by atoms with van der Waals surface area (Å²) >= 11 is 0. The van der Waals surface area contributed by atoms with Crippen LogP contribution in [-0.2, 0) is 27.3 Å². The fraction of sp³-hybridized carbons (Fsp3) is 0.256. The zero-order chi connectivity index (χ0) is 33.1. The van der Waals surface area contributed by atoms with Crippen molar-refractivity contribution in [1.29, 1.82) is 0 Å². The van der Waals surface area contributed by atoms with Crippen LogP contribution >= 0.6 is 0 Å². The van der Waals surface area contributed by atoms with Crippen molar-refractivity contribution in [3.8, 4) is 11.1 Å². The highest BCUT2D eigenvalue weighted by Crippen LogP contribution is 2.44. The van der Waals surface area contributed by atoms with Crippen molar-refractivity contribution in [1.82, 2.24) is 20.9 Å². The predicted octanol–water partition coefficient (Wildman–Crippen LogP) is 6.83. The number of unbranched alkanes of at least 4 members (excludes halogenated alkanes) is 2. The Morgan fingerprint density at radius 1 is 0.688 bits per heavy atom. The topological polar surface area (TPSA) is 122 Å². The molecule has 0 aliphatic heterocycles. The van der Waals surface area contributed by atoms with Crippen LogP contribution in [0.4, 0.5) is 9.59 Å². The van der Waals surface area contributed by atoms with Gasteiger partial charge in [-0.05, 0) is 58.7 Å². The molecule has 246 valence electrons. The molecule has 1 aromatic heterocycles. The molecule has 0 unspecified atom stereocenters. The number of hydrogen-bond acceptors (Lipinski definition) is 5. The van der Waals surface area contributed by atoms with E-state index in [9.17, 15) is 14.4 Å². The second-order valence-electron chi connectivity index (χ2n) is 11.9. The Labute approximate surface area is 280 Å². The molecule has 0 saturated heterocycles. The maximum atomic E-state index is 13.4. The van der Waals surface area contributed by atoms with Crippen LogP contribution in [0.1, 0.15) is 47.4 Å². The number of rotatable bonds is 14. The first-order chi connectivity index (χ1) is 23.6. The second kappa shape index (κ2) is 15.8. The normalized spacial score (nSPS) is 12.5. The van der Waals surface area contributed by atoms with E-state index in [1.807, 2.05) is 85.1 Å². The fourth-order valence-electron chi connectivity index (χ4n) is 6.24. The third-order valence-corrected chi connectivity index (χ3v) is 8.69.